The van der Waals surface area contributed by atoms with Crippen LogP contribution in [0.25, 0.3) is 0 Å². The molecule has 0 aromatic carbocycles. The molecule has 0 heterocycles. The summed E-state index contributed by atoms with van der Waals surface area (Å²) in [4.78, 5) is 0. The molecule has 0 amide bonds. The van der Waals surface area contributed by atoms with Gasteiger partial charge >= 0.3 is 0 Å². The smallest absolute Gasteiger partial charge is 0.0822 e. The van der Waals surface area contributed by atoms with E-state index in [2.05, 4.69) is 52.5 Å². The Morgan fingerprint density at radius 1 is 1.13 bits per heavy atom. The van der Waals surface area contributed by atoms with Crippen molar-refractivity contribution in [1.82, 2.24) is 0 Å². The molecule has 168 valence electrons. The zero-order valence-corrected chi connectivity index (χ0v) is 20.0. The van der Waals surface area contributed by atoms with Crippen LogP contribution in [0.15, 0.2) is 47.6 Å². The van der Waals surface area contributed by atoms with E-state index in [0.29, 0.717) is 23.2 Å². The maximum Gasteiger partial charge on any atom is 0.0822 e. The molecule has 3 saturated carbocycles. The lowest BCUT2D eigenvalue weighted by atomic mass is 9.61. The predicted molar refractivity (Wildman–Crippen MR) is 127 cm³/mol. The van der Waals surface area contributed by atoms with Crippen LogP contribution in [0, 0.1) is 29.1 Å². The van der Waals surface area contributed by atoms with Crippen LogP contribution in [0.1, 0.15) is 86.0 Å². The second kappa shape index (κ2) is 9.17. The zero-order chi connectivity index (χ0) is 22.1. The summed E-state index contributed by atoms with van der Waals surface area (Å²) in [6, 6.07) is 0. The van der Waals surface area contributed by atoms with Crippen LogP contribution in [0.5, 0.6) is 0 Å². The Bertz CT molecular complexity index is 723. The van der Waals surface area contributed by atoms with E-state index in [-0.39, 0.29) is 12.0 Å². The summed E-state index contributed by atoms with van der Waals surface area (Å²) in [5.74, 6) is 2.04. The van der Waals surface area contributed by atoms with Crippen LogP contribution < -0.4 is 0 Å². The van der Waals surface area contributed by atoms with Gasteiger partial charge in [0.25, 0.3) is 0 Å². The van der Waals surface area contributed by atoms with Gasteiger partial charge in [0.1, 0.15) is 0 Å². The molecule has 1 unspecified atom stereocenters. The van der Waals surface area contributed by atoms with Crippen molar-refractivity contribution < 1.29 is 10.2 Å². The van der Waals surface area contributed by atoms with Crippen molar-refractivity contribution in [3.8, 4) is 0 Å². The van der Waals surface area contributed by atoms with Crippen LogP contribution in [0.3, 0.4) is 0 Å². The van der Waals surface area contributed by atoms with Gasteiger partial charge in [-0.25, -0.2) is 0 Å². The lowest BCUT2D eigenvalue weighted by Crippen LogP contribution is -2.36. The van der Waals surface area contributed by atoms with Gasteiger partial charge in [0.2, 0.25) is 0 Å². The molecule has 2 nitrogen and oxygen atoms in total. The monoisotopic (exact) mass is 412 g/mol. The van der Waals surface area contributed by atoms with Gasteiger partial charge in [0.15, 0.2) is 0 Å². The second-order valence-corrected chi connectivity index (χ2v) is 11.1. The fourth-order valence-corrected chi connectivity index (χ4v) is 6.21. The van der Waals surface area contributed by atoms with Gasteiger partial charge in [-0.3, -0.25) is 0 Å². The van der Waals surface area contributed by atoms with Crippen molar-refractivity contribution in [1.29, 1.82) is 0 Å². The van der Waals surface area contributed by atoms with E-state index >= 15 is 0 Å². The first kappa shape index (κ1) is 23.5. The molecule has 0 radical (unpaired) electrons. The van der Waals surface area contributed by atoms with E-state index < -0.39 is 5.60 Å². The number of hydrogen-bond donors (Lipinski definition) is 2. The number of aliphatic hydroxyl groups excluding tert-OH is 1. The van der Waals surface area contributed by atoms with E-state index in [1.807, 2.05) is 13.0 Å². The zero-order valence-electron chi connectivity index (χ0n) is 20.0. The average Bonchev–Trinajstić information content (AvgIpc) is 3.04. The summed E-state index contributed by atoms with van der Waals surface area (Å²) in [6.45, 7) is 15.2. The van der Waals surface area contributed by atoms with Crippen molar-refractivity contribution in [2.75, 3.05) is 0 Å². The van der Waals surface area contributed by atoms with Crippen LogP contribution in [-0.4, -0.2) is 21.9 Å². The third-order valence-corrected chi connectivity index (χ3v) is 8.77. The Hall–Kier alpha value is -1.12. The summed E-state index contributed by atoms with van der Waals surface area (Å²) in [5.41, 5.74) is 3.67. The summed E-state index contributed by atoms with van der Waals surface area (Å²) < 4.78 is 0. The summed E-state index contributed by atoms with van der Waals surface area (Å²) in [5, 5.41) is 20.7. The first-order valence-electron chi connectivity index (χ1n) is 12.2. The molecule has 2 N–H and O–H groups in total. The van der Waals surface area contributed by atoms with Gasteiger partial charge < -0.3 is 10.2 Å². The SMILES string of the molecule is C=C1CC[C@H](O)C/C1=C/C=C1\CCC[C@]2(C)[C@@H]([C@H](C)/C=C/C(C)(O)C(C)C)CC[C@@H]12. The Morgan fingerprint density at radius 2 is 1.87 bits per heavy atom. The minimum atomic E-state index is -0.732. The Balaban J connectivity index is 1.76. The molecule has 3 aliphatic carbocycles. The third kappa shape index (κ3) is 4.86. The highest BCUT2D eigenvalue weighted by atomic mass is 16.3. The van der Waals surface area contributed by atoms with E-state index in [4.69, 9.17) is 0 Å². The fourth-order valence-electron chi connectivity index (χ4n) is 6.21. The van der Waals surface area contributed by atoms with E-state index in [0.717, 1.165) is 19.3 Å². The van der Waals surface area contributed by atoms with Crippen molar-refractivity contribution in [3.05, 3.63) is 47.6 Å². The normalized spacial score (nSPS) is 38.4. The molecule has 0 aromatic rings. The molecule has 3 aliphatic rings. The summed E-state index contributed by atoms with van der Waals surface area (Å²) in [7, 11) is 0. The number of hydrogen-bond acceptors (Lipinski definition) is 2. The molecule has 2 heteroatoms. The largest absolute Gasteiger partial charge is 0.393 e. The first-order valence-corrected chi connectivity index (χ1v) is 12.2. The van der Waals surface area contributed by atoms with Gasteiger partial charge in [0, 0.05) is 0 Å². The van der Waals surface area contributed by atoms with Crippen LogP contribution in [0.2, 0.25) is 0 Å². The molecule has 0 aliphatic heterocycles. The predicted octanol–water partition coefficient (Wildman–Crippen LogP) is 6.76. The fraction of sp³-hybridized carbons (Fsp3) is 0.714. The molecular formula is C28H44O2. The number of aliphatic hydroxyl groups is 2. The van der Waals surface area contributed by atoms with Gasteiger partial charge in [-0.2, -0.15) is 0 Å². The summed E-state index contributed by atoms with van der Waals surface area (Å²) in [6.07, 6.45) is 17.6. The number of allylic oxidation sites excluding steroid dienone is 5. The van der Waals surface area contributed by atoms with Crippen LogP contribution >= 0.6 is 0 Å². The van der Waals surface area contributed by atoms with Gasteiger partial charge in [-0.05, 0) is 93.0 Å². The third-order valence-electron chi connectivity index (χ3n) is 8.77. The summed E-state index contributed by atoms with van der Waals surface area (Å²) >= 11 is 0. The highest BCUT2D eigenvalue weighted by Gasteiger charge is 2.50. The van der Waals surface area contributed by atoms with E-state index in [1.165, 1.54) is 43.3 Å². The second-order valence-electron chi connectivity index (χ2n) is 11.1. The van der Waals surface area contributed by atoms with Crippen molar-refractivity contribution in [3.63, 3.8) is 0 Å². The average molecular weight is 413 g/mol. The Labute approximate surface area is 184 Å². The van der Waals surface area contributed by atoms with Gasteiger partial charge in [-0.15, -0.1) is 0 Å². The van der Waals surface area contributed by atoms with Gasteiger partial charge in [-0.1, -0.05) is 69.7 Å². The first-order chi connectivity index (χ1) is 14.0. The van der Waals surface area contributed by atoms with Crippen LogP contribution in [0.4, 0.5) is 0 Å². The number of rotatable bonds is 5. The topological polar surface area (TPSA) is 40.5 Å². The minimum absolute atomic E-state index is 0.205. The lowest BCUT2D eigenvalue weighted by molar-refractivity contribution is 0.0607. The van der Waals surface area contributed by atoms with E-state index in [9.17, 15) is 10.2 Å². The lowest BCUT2D eigenvalue weighted by Gasteiger charge is -2.44. The van der Waals surface area contributed by atoms with E-state index in [1.54, 1.807) is 5.57 Å². The Morgan fingerprint density at radius 3 is 2.57 bits per heavy atom. The van der Waals surface area contributed by atoms with Crippen molar-refractivity contribution in [2.45, 2.75) is 97.7 Å². The molecular weight excluding hydrogens is 368 g/mol. The number of fused-ring (bicyclic) bond motifs is 1. The van der Waals surface area contributed by atoms with Crippen molar-refractivity contribution in [2.24, 2.45) is 29.1 Å². The molecule has 3 fully saturated rings. The van der Waals surface area contributed by atoms with Gasteiger partial charge in [0.05, 0.1) is 11.7 Å². The van der Waals surface area contributed by atoms with Crippen molar-refractivity contribution >= 4 is 0 Å². The molecule has 0 spiro atoms. The molecule has 6 atom stereocenters. The molecule has 0 bridgehead atoms. The highest BCUT2D eigenvalue weighted by Crippen LogP contribution is 2.59. The quantitative estimate of drug-likeness (QED) is 0.490. The minimum Gasteiger partial charge on any atom is -0.393 e. The molecule has 0 saturated heterocycles. The maximum absolute atomic E-state index is 10.6. The van der Waals surface area contributed by atoms with Crippen LogP contribution in [-0.2, 0) is 0 Å². The maximum atomic E-state index is 10.6. The molecule has 3 rings (SSSR count). The molecule has 30 heavy (non-hydrogen) atoms. The Kier molecular flexibility index (Phi) is 7.19. The molecule has 0 aromatic heterocycles. The highest BCUT2D eigenvalue weighted by molar-refractivity contribution is 5.36. The standard InChI is InChI=1S/C28H44O2/c1-19(2)28(6,30)17-15-21(4)25-13-14-26-22(8-7-16-27(25,26)5)10-11-23-18-24(29)12-9-20(23)3/h10-11,15,17,19,21,24-26,29-30H,3,7-9,12-14,16,18H2,1-2,4-6H3/b17-15+,22-10+,23-11-/t21-,24+,25-,26+,27-,28?/m1/s1.